The van der Waals surface area contributed by atoms with Gasteiger partial charge in [-0.2, -0.15) is 0 Å². The van der Waals surface area contributed by atoms with Crippen LogP contribution in [0, 0.1) is 5.92 Å². The summed E-state index contributed by atoms with van der Waals surface area (Å²) in [7, 11) is 0. The van der Waals surface area contributed by atoms with Crippen molar-refractivity contribution >= 4 is 12.0 Å². The second-order valence-corrected chi connectivity index (χ2v) is 4.39. The Morgan fingerprint density at radius 3 is 2.63 bits per heavy atom. The molecule has 1 heterocycles. The molecule has 0 bridgehead atoms. The fraction of sp³-hybridized carbons (Fsp3) is 0.462. The normalized spacial score (nSPS) is 10.1. The number of pyridine rings is 1. The highest BCUT2D eigenvalue weighted by molar-refractivity contribution is 5.92. The number of amides is 2. The number of nitrogens with zero attached hydrogens (tertiary/aromatic N) is 1. The largest absolute Gasteiger partial charge is 0.449 e. The lowest BCUT2D eigenvalue weighted by Crippen LogP contribution is -2.35. The third kappa shape index (κ3) is 6.40. The van der Waals surface area contributed by atoms with Crippen LogP contribution in [0.25, 0.3) is 0 Å². The number of carbonyl (C=O) groups is 2. The van der Waals surface area contributed by atoms with Gasteiger partial charge >= 0.3 is 6.09 Å². The smallest absolute Gasteiger partial charge is 0.407 e. The predicted molar refractivity (Wildman–Crippen MR) is 70.8 cm³/mol. The van der Waals surface area contributed by atoms with Crippen molar-refractivity contribution < 1.29 is 14.3 Å². The van der Waals surface area contributed by atoms with Crippen LogP contribution in [0.1, 0.15) is 24.3 Å². The highest BCUT2D eigenvalue weighted by Crippen LogP contribution is 1.93. The second kappa shape index (κ2) is 8.07. The van der Waals surface area contributed by atoms with Gasteiger partial charge in [0.2, 0.25) is 0 Å². The van der Waals surface area contributed by atoms with Gasteiger partial charge in [0.15, 0.2) is 0 Å². The van der Waals surface area contributed by atoms with Gasteiger partial charge in [-0.3, -0.25) is 9.78 Å². The van der Waals surface area contributed by atoms with Gasteiger partial charge in [0, 0.05) is 19.3 Å². The van der Waals surface area contributed by atoms with E-state index < -0.39 is 6.09 Å². The molecule has 0 unspecified atom stereocenters. The maximum Gasteiger partial charge on any atom is 0.407 e. The van der Waals surface area contributed by atoms with Crippen molar-refractivity contribution in [1.29, 1.82) is 0 Å². The van der Waals surface area contributed by atoms with Crippen LogP contribution in [0.15, 0.2) is 24.4 Å². The van der Waals surface area contributed by atoms with Crippen LogP contribution in [0.5, 0.6) is 0 Å². The molecule has 0 atom stereocenters. The van der Waals surface area contributed by atoms with Gasteiger partial charge in [0.25, 0.3) is 5.91 Å². The van der Waals surface area contributed by atoms with E-state index in [4.69, 9.17) is 4.74 Å². The summed E-state index contributed by atoms with van der Waals surface area (Å²) >= 11 is 0. The van der Waals surface area contributed by atoms with Crippen molar-refractivity contribution in [2.45, 2.75) is 13.8 Å². The molecular formula is C13H19N3O3. The molecule has 0 aliphatic carbocycles. The van der Waals surface area contributed by atoms with Crippen LogP contribution in [0.4, 0.5) is 4.79 Å². The number of aromatic nitrogens is 1. The fourth-order valence-electron chi connectivity index (χ4n) is 1.22. The number of hydrogen-bond donors (Lipinski definition) is 2. The SMILES string of the molecule is CC(C)COC(=O)NCCNC(=O)c1ccccn1. The van der Waals surface area contributed by atoms with Crippen molar-refractivity contribution in [3.05, 3.63) is 30.1 Å². The van der Waals surface area contributed by atoms with Crippen molar-refractivity contribution in [1.82, 2.24) is 15.6 Å². The van der Waals surface area contributed by atoms with Crippen LogP contribution < -0.4 is 10.6 Å². The minimum atomic E-state index is -0.471. The Balaban J connectivity index is 2.14. The molecule has 2 N–H and O–H groups in total. The molecule has 0 saturated carbocycles. The molecule has 6 nitrogen and oxygen atoms in total. The zero-order valence-corrected chi connectivity index (χ0v) is 11.2. The average Bonchev–Trinajstić information content (AvgIpc) is 2.42. The third-order valence-electron chi connectivity index (χ3n) is 2.13. The van der Waals surface area contributed by atoms with E-state index in [9.17, 15) is 9.59 Å². The van der Waals surface area contributed by atoms with E-state index in [0.717, 1.165) is 0 Å². The van der Waals surface area contributed by atoms with Crippen molar-refractivity contribution in [3.8, 4) is 0 Å². The molecular weight excluding hydrogens is 246 g/mol. The van der Waals surface area contributed by atoms with E-state index in [1.165, 1.54) is 0 Å². The van der Waals surface area contributed by atoms with Gasteiger partial charge in [-0.1, -0.05) is 19.9 Å². The van der Waals surface area contributed by atoms with Gasteiger partial charge < -0.3 is 15.4 Å². The highest BCUT2D eigenvalue weighted by Gasteiger charge is 2.06. The van der Waals surface area contributed by atoms with E-state index >= 15 is 0 Å². The first kappa shape index (κ1) is 14.9. The zero-order valence-electron chi connectivity index (χ0n) is 11.2. The van der Waals surface area contributed by atoms with Crippen LogP contribution in [-0.2, 0) is 4.74 Å². The molecule has 0 aromatic carbocycles. The topological polar surface area (TPSA) is 80.3 Å². The molecule has 19 heavy (non-hydrogen) atoms. The fourth-order valence-corrected chi connectivity index (χ4v) is 1.22. The molecule has 0 fully saturated rings. The van der Waals surface area contributed by atoms with E-state index in [0.29, 0.717) is 31.3 Å². The molecule has 0 radical (unpaired) electrons. The molecule has 0 spiro atoms. The van der Waals surface area contributed by atoms with Crippen LogP contribution in [-0.4, -0.2) is 36.7 Å². The monoisotopic (exact) mass is 265 g/mol. The number of alkyl carbamates (subject to hydrolysis) is 1. The molecule has 1 rings (SSSR count). The molecule has 0 aliphatic rings. The maximum absolute atomic E-state index is 11.6. The number of ether oxygens (including phenoxy) is 1. The van der Waals surface area contributed by atoms with Crippen LogP contribution >= 0.6 is 0 Å². The van der Waals surface area contributed by atoms with E-state index in [-0.39, 0.29) is 5.91 Å². The minimum absolute atomic E-state index is 0.266. The Hall–Kier alpha value is -2.11. The number of nitrogens with one attached hydrogen (secondary N) is 2. The Bertz CT molecular complexity index is 407. The number of hydrogen-bond acceptors (Lipinski definition) is 4. The Labute approximate surface area is 112 Å². The van der Waals surface area contributed by atoms with Gasteiger partial charge in [0.05, 0.1) is 6.61 Å². The number of carbonyl (C=O) groups excluding carboxylic acids is 2. The van der Waals surface area contributed by atoms with Crippen molar-refractivity contribution in [3.63, 3.8) is 0 Å². The molecule has 2 amide bonds. The first-order valence-corrected chi connectivity index (χ1v) is 6.19. The summed E-state index contributed by atoms with van der Waals surface area (Å²) in [5.74, 6) is 0.0348. The summed E-state index contributed by atoms with van der Waals surface area (Å²) in [6.45, 7) is 4.94. The lowest BCUT2D eigenvalue weighted by molar-refractivity contribution is 0.0946. The minimum Gasteiger partial charge on any atom is -0.449 e. The standard InChI is InChI=1S/C13H19N3O3/c1-10(2)9-19-13(18)16-8-7-15-12(17)11-5-3-4-6-14-11/h3-6,10H,7-9H2,1-2H3,(H,15,17)(H,16,18). The zero-order chi connectivity index (χ0) is 14.1. The van der Waals surface area contributed by atoms with Crippen molar-refractivity contribution in [2.75, 3.05) is 19.7 Å². The molecule has 104 valence electrons. The van der Waals surface area contributed by atoms with E-state index in [1.54, 1.807) is 24.4 Å². The summed E-state index contributed by atoms with van der Waals surface area (Å²) < 4.78 is 4.92. The van der Waals surface area contributed by atoms with Gasteiger partial charge in [-0.25, -0.2) is 4.79 Å². The Kier molecular flexibility index (Phi) is 6.35. The van der Waals surface area contributed by atoms with Crippen molar-refractivity contribution in [2.24, 2.45) is 5.92 Å². The summed E-state index contributed by atoms with van der Waals surface area (Å²) in [6, 6.07) is 5.10. The van der Waals surface area contributed by atoms with Crippen LogP contribution in [0.2, 0.25) is 0 Å². The summed E-state index contributed by atoms with van der Waals surface area (Å²) in [5.41, 5.74) is 0.352. The molecule has 1 aromatic rings. The molecule has 6 heteroatoms. The van der Waals surface area contributed by atoms with Gasteiger partial charge in [-0.15, -0.1) is 0 Å². The number of rotatable bonds is 6. The lowest BCUT2D eigenvalue weighted by atomic mass is 10.2. The summed E-state index contributed by atoms with van der Waals surface area (Å²) in [4.78, 5) is 26.7. The highest BCUT2D eigenvalue weighted by atomic mass is 16.5. The Morgan fingerprint density at radius 1 is 1.26 bits per heavy atom. The van der Waals surface area contributed by atoms with E-state index in [2.05, 4.69) is 15.6 Å². The molecule has 0 saturated heterocycles. The molecule has 1 aromatic heterocycles. The lowest BCUT2D eigenvalue weighted by Gasteiger charge is -2.09. The molecule has 0 aliphatic heterocycles. The third-order valence-corrected chi connectivity index (χ3v) is 2.13. The first-order chi connectivity index (χ1) is 9.09. The average molecular weight is 265 g/mol. The first-order valence-electron chi connectivity index (χ1n) is 6.19. The summed E-state index contributed by atoms with van der Waals surface area (Å²) in [5, 5.41) is 5.20. The predicted octanol–water partition coefficient (Wildman–Crippen LogP) is 1.19. The maximum atomic E-state index is 11.6. The van der Waals surface area contributed by atoms with E-state index in [1.807, 2.05) is 13.8 Å². The second-order valence-electron chi connectivity index (χ2n) is 4.39. The van der Waals surface area contributed by atoms with Gasteiger partial charge in [0.1, 0.15) is 5.69 Å². The van der Waals surface area contributed by atoms with Gasteiger partial charge in [-0.05, 0) is 18.1 Å². The quantitative estimate of drug-likeness (QED) is 0.757. The summed E-state index contributed by atoms with van der Waals surface area (Å²) in [6.07, 6.45) is 1.08. The van der Waals surface area contributed by atoms with Crippen LogP contribution in [0.3, 0.4) is 0 Å². The Morgan fingerprint density at radius 2 is 2.00 bits per heavy atom.